The fourth-order valence-corrected chi connectivity index (χ4v) is 3.78. The fraction of sp³-hybridized carbons (Fsp3) is 0.375. The van der Waals surface area contributed by atoms with E-state index in [2.05, 4.69) is 20.6 Å². The summed E-state index contributed by atoms with van der Waals surface area (Å²) in [5, 5.41) is 24.0. The molecule has 1 amide bonds. The SMILES string of the molecule is CCCCC(=O)N(Cc1ccc(-c2ccccc2-c2nn[nH]n2)cc1)[C@H](C(=O)O)C(C)C.Cl. The number of nitrogens with zero attached hydrogens (tertiary/aromatic N) is 4. The molecule has 9 heteroatoms. The van der Waals surface area contributed by atoms with Gasteiger partial charge in [0.1, 0.15) is 6.04 Å². The van der Waals surface area contributed by atoms with E-state index in [1.165, 1.54) is 4.90 Å². The van der Waals surface area contributed by atoms with E-state index in [1.807, 2.05) is 69.3 Å². The molecular formula is C24H30ClN5O3. The van der Waals surface area contributed by atoms with E-state index in [-0.39, 0.29) is 30.8 Å². The number of aromatic amines is 1. The van der Waals surface area contributed by atoms with Crippen LogP contribution in [-0.2, 0) is 16.1 Å². The van der Waals surface area contributed by atoms with Crippen molar-refractivity contribution >= 4 is 24.3 Å². The van der Waals surface area contributed by atoms with Gasteiger partial charge in [0.05, 0.1) is 0 Å². The maximum atomic E-state index is 12.9. The van der Waals surface area contributed by atoms with Gasteiger partial charge in [-0.05, 0) is 34.2 Å². The van der Waals surface area contributed by atoms with E-state index in [9.17, 15) is 14.7 Å². The second-order valence-corrected chi connectivity index (χ2v) is 8.13. The highest BCUT2D eigenvalue weighted by atomic mass is 35.5. The predicted molar refractivity (Wildman–Crippen MR) is 129 cm³/mol. The van der Waals surface area contributed by atoms with Crippen molar-refractivity contribution < 1.29 is 14.7 Å². The highest BCUT2D eigenvalue weighted by Crippen LogP contribution is 2.30. The summed E-state index contributed by atoms with van der Waals surface area (Å²) in [5.74, 6) is -0.784. The van der Waals surface area contributed by atoms with Crippen molar-refractivity contribution in [3.05, 3.63) is 54.1 Å². The molecule has 0 bridgehead atoms. The quantitative estimate of drug-likeness (QED) is 0.447. The normalized spacial score (nSPS) is 11.6. The zero-order valence-electron chi connectivity index (χ0n) is 19.1. The summed E-state index contributed by atoms with van der Waals surface area (Å²) in [7, 11) is 0. The Labute approximate surface area is 199 Å². The number of benzene rings is 2. The fourth-order valence-electron chi connectivity index (χ4n) is 3.78. The van der Waals surface area contributed by atoms with Gasteiger partial charge in [0.25, 0.3) is 0 Å². The summed E-state index contributed by atoms with van der Waals surface area (Å²) in [6.07, 6.45) is 1.97. The standard InChI is InChI=1S/C24H29N5O3.ClH/c1-4-5-10-21(30)29(22(16(2)3)24(31)32)15-17-11-13-18(14-12-17)19-8-6-7-9-20(19)23-25-27-28-26-23;/h6-9,11-14,16,22H,4-5,10,15H2,1-3H3,(H,31,32)(H,25,26,27,28);1H/t22-;/m0./s1. The largest absolute Gasteiger partial charge is 0.480 e. The first kappa shape index (κ1) is 26.0. The molecule has 8 nitrogen and oxygen atoms in total. The predicted octanol–water partition coefficient (Wildman–Crippen LogP) is 4.58. The first-order valence-corrected chi connectivity index (χ1v) is 10.9. The van der Waals surface area contributed by atoms with Crippen LogP contribution in [0.5, 0.6) is 0 Å². The smallest absolute Gasteiger partial charge is 0.326 e. The molecule has 0 saturated carbocycles. The highest BCUT2D eigenvalue weighted by molar-refractivity contribution is 5.85. The van der Waals surface area contributed by atoms with Crippen molar-refractivity contribution in [1.29, 1.82) is 0 Å². The number of carbonyl (C=O) groups excluding carboxylic acids is 1. The Balaban J connectivity index is 0.00000385. The van der Waals surface area contributed by atoms with Crippen molar-refractivity contribution in [1.82, 2.24) is 25.5 Å². The number of carboxylic acid groups (broad SMARTS) is 1. The van der Waals surface area contributed by atoms with Crippen molar-refractivity contribution in [2.45, 2.75) is 52.6 Å². The third-order valence-electron chi connectivity index (χ3n) is 5.42. The molecule has 2 aromatic carbocycles. The molecule has 0 aliphatic heterocycles. The second kappa shape index (κ2) is 12.1. The van der Waals surface area contributed by atoms with Gasteiger partial charge >= 0.3 is 5.97 Å². The molecule has 0 unspecified atom stereocenters. The molecule has 33 heavy (non-hydrogen) atoms. The Hall–Kier alpha value is -3.26. The molecule has 3 aromatic rings. The Morgan fingerprint density at radius 1 is 1.06 bits per heavy atom. The number of H-pyrrole nitrogens is 1. The third-order valence-corrected chi connectivity index (χ3v) is 5.42. The molecule has 0 saturated heterocycles. The average Bonchev–Trinajstić information content (AvgIpc) is 3.32. The number of carbonyl (C=O) groups is 2. The number of nitrogens with one attached hydrogen (secondary N) is 1. The third kappa shape index (κ3) is 6.38. The second-order valence-electron chi connectivity index (χ2n) is 8.13. The van der Waals surface area contributed by atoms with Crippen LogP contribution in [0.2, 0.25) is 0 Å². The minimum atomic E-state index is -0.976. The summed E-state index contributed by atoms with van der Waals surface area (Å²) in [4.78, 5) is 26.3. The number of rotatable bonds is 10. The number of hydrogen-bond acceptors (Lipinski definition) is 5. The molecule has 0 spiro atoms. The highest BCUT2D eigenvalue weighted by Gasteiger charge is 2.32. The zero-order valence-corrected chi connectivity index (χ0v) is 19.9. The Morgan fingerprint density at radius 3 is 2.27 bits per heavy atom. The summed E-state index contributed by atoms with van der Waals surface area (Å²) in [6.45, 7) is 5.93. The van der Waals surface area contributed by atoms with Gasteiger partial charge in [-0.15, -0.1) is 22.6 Å². The van der Waals surface area contributed by atoms with E-state index >= 15 is 0 Å². The number of unbranched alkanes of at least 4 members (excludes halogenated alkanes) is 1. The van der Waals surface area contributed by atoms with Crippen molar-refractivity contribution in [2.75, 3.05) is 0 Å². The molecular weight excluding hydrogens is 442 g/mol. The first-order valence-electron chi connectivity index (χ1n) is 10.9. The maximum Gasteiger partial charge on any atom is 0.326 e. The lowest BCUT2D eigenvalue weighted by atomic mass is 9.97. The summed E-state index contributed by atoms with van der Waals surface area (Å²) in [6, 6.07) is 14.7. The van der Waals surface area contributed by atoms with Crippen molar-refractivity contribution in [2.24, 2.45) is 5.92 Å². The Morgan fingerprint density at radius 2 is 1.73 bits per heavy atom. The molecule has 0 aliphatic rings. The van der Waals surface area contributed by atoms with Crippen LogP contribution in [0.3, 0.4) is 0 Å². The van der Waals surface area contributed by atoms with Gasteiger partial charge in [0, 0.05) is 18.5 Å². The van der Waals surface area contributed by atoms with E-state index in [0.717, 1.165) is 35.1 Å². The minimum absolute atomic E-state index is 0. The Kier molecular flexibility index (Phi) is 9.54. The molecule has 1 aromatic heterocycles. The number of aliphatic carboxylic acids is 1. The molecule has 176 valence electrons. The van der Waals surface area contributed by atoms with Crippen molar-refractivity contribution in [3.8, 4) is 22.5 Å². The van der Waals surface area contributed by atoms with Crippen LogP contribution in [-0.4, -0.2) is 48.5 Å². The van der Waals surface area contributed by atoms with Crippen molar-refractivity contribution in [3.63, 3.8) is 0 Å². The lowest BCUT2D eigenvalue weighted by Gasteiger charge is -2.32. The monoisotopic (exact) mass is 471 g/mol. The summed E-state index contributed by atoms with van der Waals surface area (Å²) in [5.41, 5.74) is 3.66. The van der Waals surface area contributed by atoms with Gasteiger partial charge in [-0.25, -0.2) is 4.79 Å². The van der Waals surface area contributed by atoms with Crippen LogP contribution in [0.15, 0.2) is 48.5 Å². The summed E-state index contributed by atoms with van der Waals surface area (Å²) >= 11 is 0. The van der Waals surface area contributed by atoms with E-state index in [1.54, 1.807) is 0 Å². The van der Waals surface area contributed by atoms with Gasteiger partial charge in [0.15, 0.2) is 0 Å². The van der Waals surface area contributed by atoms with E-state index < -0.39 is 12.0 Å². The molecule has 2 N–H and O–H groups in total. The van der Waals surface area contributed by atoms with Gasteiger partial charge < -0.3 is 10.0 Å². The summed E-state index contributed by atoms with van der Waals surface area (Å²) < 4.78 is 0. The Bertz CT molecular complexity index is 1040. The van der Waals surface area contributed by atoms with Crippen LogP contribution in [0.4, 0.5) is 0 Å². The van der Waals surface area contributed by atoms with E-state index in [4.69, 9.17) is 0 Å². The van der Waals surface area contributed by atoms with Crippen LogP contribution in [0.1, 0.15) is 45.6 Å². The molecule has 3 rings (SSSR count). The number of aromatic nitrogens is 4. The topological polar surface area (TPSA) is 112 Å². The lowest BCUT2D eigenvalue weighted by molar-refractivity contribution is -0.153. The minimum Gasteiger partial charge on any atom is -0.480 e. The number of halogens is 1. The van der Waals surface area contributed by atoms with Crippen LogP contribution >= 0.6 is 12.4 Å². The van der Waals surface area contributed by atoms with Crippen LogP contribution in [0.25, 0.3) is 22.5 Å². The van der Waals surface area contributed by atoms with Crippen LogP contribution < -0.4 is 0 Å². The maximum absolute atomic E-state index is 12.9. The van der Waals surface area contributed by atoms with Gasteiger partial charge in [-0.2, -0.15) is 5.21 Å². The molecule has 0 radical (unpaired) electrons. The average molecular weight is 472 g/mol. The van der Waals surface area contributed by atoms with E-state index in [0.29, 0.717) is 12.2 Å². The zero-order chi connectivity index (χ0) is 23.1. The molecule has 1 atom stereocenters. The molecule has 0 aliphatic carbocycles. The molecule has 0 fully saturated rings. The first-order chi connectivity index (χ1) is 15.4. The van der Waals surface area contributed by atoms with Gasteiger partial charge in [0.2, 0.25) is 11.7 Å². The number of tetrazole rings is 1. The van der Waals surface area contributed by atoms with Crippen LogP contribution in [0, 0.1) is 5.92 Å². The number of carboxylic acids is 1. The number of amides is 1. The molecule has 1 heterocycles. The van der Waals surface area contributed by atoms with Gasteiger partial charge in [-0.1, -0.05) is 75.7 Å². The van der Waals surface area contributed by atoms with Gasteiger partial charge in [-0.3, -0.25) is 4.79 Å². The lowest BCUT2D eigenvalue weighted by Crippen LogP contribution is -2.47. The number of hydrogen-bond donors (Lipinski definition) is 2.